The van der Waals surface area contributed by atoms with Crippen LogP contribution in [0.1, 0.15) is 62.9 Å². The fraction of sp³-hybridized carbons (Fsp3) is 0.303. The Morgan fingerprint density at radius 1 is 0.900 bits per heavy atom. The lowest BCUT2D eigenvalue weighted by Gasteiger charge is -2.23. The summed E-state index contributed by atoms with van der Waals surface area (Å²) in [4.78, 5) is 28.3. The molecule has 7 heteroatoms. The van der Waals surface area contributed by atoms with Crippen LogP contribution < -0.4 is 10.6 Å². The van der Waals surface area contributed by atoms with Crippen molar-refractivity contribution in [2.45, 2.75) is 59.4 Å². The number of anilines is 2. The normalized spacial score (nSPS) is 11.4. The number of amides is 3. The minimum absolute atomic E-state index is 0.130. The van der Waals surface area contributed by atoms with E-state index in [4.69, 9.17) is 5.10 Å². The molecule has 40 heavy (non-hydrogen) atoms. The number of carbonyl (C=O) groups is 2. The Kier molecular flexibility index (Phi) is 8.73. The lowest BCUT2D eigenvalue weighted by atomic mass is 9.92. The van der Waals surface area contributed by atoms with Gasteiger partial charge in [-0.3, -0.25) is 4.79 Å². The summed E-state index contributed by atoms with van der Waals surface area (Å²) in [5.74, 6) is 0.647. The van der Waals surface area contributed by atoms with Crippen molar-refractivity contribution in [3.63, 3.8) is 0 Å². The van der Waals surface area contributed by atoms with Gasteiger partial charge in [0.2, 0.25) is 5.91 Å². The third-order valence-electron chi connectivity index (χ3n) is 6.69. The molecule has 0 saturated heterocycles. The van der Waals surface area contributed by atoms with Crippen LogP contribution in [0.25, 0.3) is 5.69 Å². The maximum Gasteiger partial charge on any atom is 0.322 e. The van der Waals surface area contributed by atoms with Gasteiger partial charge in [0.25, 0.3) is 0 Å². The first-order valence-electron chi connectivity index (χ1n) is 13.7. The van der Waals surface area contributed by atoms with Crippen LogP contribution in [-0.4, -0.2) is 33.2 Å². The van der Waals surface area contributed by atoms with Crippen LogP contribution in [0.3, 0.4) is 0 Å². The van der Waals surface area contributed by atoms with Gasteiger partial charge in [-0.05, 0) is 48.2 Å². The maximum absolute atomic E-state index is 13.4. The molecule has 0 aliphatic heterocycles. The van der Waals surface area contributed by atoms with E-state index < -0.39 is 0 Å². The van der Waals surface area contributed by atoms with Gasteiger partial charge in [-0.25, -0.2) is 9.48 Å². The second kappa shape index (κ2) is 12.2. The predicted molar refractivity (Wildman–Crippen MR) is 162 cm³/mol. The zero-order valence-corrected chi connectivity index (χ0v) is 24.2. The summed E-state index contributed by atoms with van der Waals surface area (Å²) in [5, 5.41) is 10.8. The van der Waals surface area contributed by atoms with Gasteiger partial charge in [0.1, 0.15) is 12.4 Å². The molecule has 0 atom stereocenters. The van der Waals surface area contributed by atoms with E-state index in [0.29, 0.717) is 17.4 Å². The molecule has 4 rings (SSSR count). The van der Waals surface area contributed by atoms with Crippen molar-refractivity contribution in [2.75, 3.05) is 17.2 Å². The van der Waals surface area contributed by atoms with Crippen LogP contribution in [0.5, 0.6) is 0 Å². The first-order valence-corrected chi connectivity index (χ1v) is 13.7. The average molecular weight is 538 g/mol. The number of benzene rings is 3. The lowest BCUT2D eigenvalue weighted by Crippen LogP contribution is -2.40. The largest absolute Gasteiger partial charge is 0.322 e. The molecule has 208 valence electrons. The van der Waals surface area contributed by atoms with Gasteiger partial charge < -0.3 is 15.5 Å². The van der Waals surface area contributed by atoms with Crippen LogP contribution in [0.4, 0.5) is 16.3 Å². The highest BCUT2D eigenvalue weighted by atomic mass is 16.2. The fourth-order valence-corrected chi connectivity index (χ4v) is 4.23. The van der Waals surface area contributed by atoms with Gasteiger partial charge in [0.05, 0.1) is 11.4 Å². The Balaban J connectivity index is 1.56. The molecule has 0 aliphatic carbocycles. The molecule has 3 aromatic carbocycles. The summed E-state index contributed by atoms with van der Waals surface area (Å²) in [6, 6.07) is 27.0. The van der Waals surface area contributed by atoms with Crippen molar-refractivity contribution >= 4 is 23.4 Å². The molecule has 7 nitrogen and oxygen atoms in total. The van der Waals surface area contributed by atoms with E-state index in [2.05, 4.69) is 45.3 Å². The van der Waals surface area contributed by atoms with Crippen LogP contribution in [-0.2, 0) is 16.8 Å². The molecule has 0 fully saturated rings. The highest BCUT2D eigenvalue weighted by molar-refractivity contribution is 5.96. The van der Waals surface area contributed by atoms with Gasteiger partial charge in [0, 0.05) is 23.7 Å². The van der Waals surface area contributed by atoms with Gasteiger partial charge >= 0.3 is 6.03 Å². The molecule has 1 aromatic heterocycles. The number of rotatable bonds is 8. The number of aryl methyl sites for hydroxylation is 1. The molecule has 0 aliphatic rings. The molecule has 0 saturated carbocycles. The highest BCUT2D eigenvalue weighted by Gasteiger charge is 2.23. The topological polar surface area (TPSA) is 79.3 Å². The van der Waals surface area contributed by atoms with E-state index >= 15 is 0 Å². The van der Waals surface area contributed by atoms with E-state index in [9.17, 15) is 9.59 Å². The molecule has 0 unspecified atom stereocenters. The monoisotopic (exact) mass is 537 g/mol. The Morgan fingerprint density at radius 3 is 2.15 bits per heavy atom. The van der Waals surface area contributed by atoms with E-state index in [1.165, 1.54) is 10.5 Å². The summed E-state index contributed by atoms with van der Waals surface area (Å²) in [6.45, 7) is 12.7. The number of hydrogen-bond acceptors (Lipinski definition) is 3. The number of carbonyl (C=O) groups excluding carboxylic acids is 2. The van der Waals surface area contributed by atoms with E-state index in [1.54, 1.807) is 4.68 Å². The minimum Gasteiger partial charge on any atom is -0.311 e. The van der Waals surface area contributed by atoms with Gasteiger partial charge in [-0.2, -0.15) is 5.10 Å². The number of urea groups is 1. The highest BCUT2D eigenvalue weighted by Crippen LogP contribution is 2.26. The van der Waals surface area contributed by atoms with Crippen LogP contribution >= 0.6 is 0 Å². The first-order chi connectivity index (χ1) is 19.0. The van der Waals surface area contributed by atoms with Crippen molar-refractivity contribution < 1.29 is 9.59 Å². The fourth-order valence-electron chi connectivity index (χ4n) is 4.23. The average Bonchev–Trinajstić information content (AvgIpc) is 3.34. The lowest BCUT2D eigenvalue weighted by molar-refractivity contribution is -0.116. The van der Waals surface area contributed by atoms with Gasteiger partial charge in [0.15, 0.2) is 0 Å². The van der Waals surface area contributed by atoms with Crippen molar-refractivity contribution in [2.24, 2.45) is 0 Å². The van der Waals surface area contributed by atoms with E-state index in [1.807, 2.05) is 91.9 Å². The predicted octanol–water partition coefficient (Wildman–Crippen LogP) is 7.27. The van der Waals surface area contributed by atoms with Gasteiger partial charge in [-0.15, -0.1) is 0 Å². The Labute approximate surface area is 237 Å². The SMILES string of the molecule is Cc1ccc(-n2nc(C(C)(C)C)cc2NC(=O)CN(Cc2ccccc2)C(=O)Nc2ccc(C(C)C)cc2)cc1. The quantitative estimate of drug-likeness (QED) is 0.248. The van der Waals surface area contributed by atoms with Crippen LogP contribution in [0.2, 0.25) is 0 Å². The van der Waals surface area contributed by atoms with Crippen molar-refractivity contribution in [1.29, 1.82) is 0 Å². The molecular weight excluding hydrogens is 498 g/mol. The van der Waals surface area contributed by atoms with E-state index in [-0.39, 0.29) is 30.4 Å². The molecule has 3 amide bonds. The number of nitrogens with one attached hydrogen (secondary N) is 2. The van der Waals surface area contributed by atoms with Crippen molar-refractivity contribution in [1.82, 2.24) is 14.7 Å². The van der Waals surface area contributed by atoms with Gasteiger partial charge in [-0.1, -0.05) is 94.8 Å². The maximum atomic E-state index is 13.4. The third kappa shape index (κ3) is 7.38. The van der Waals surface area contributed by atoms with Crippen LogP contribution in [0.15, 0.2) is 84.9 Å². The van der Waals surface area contributed by atoms with E-state index in [0.717, 1.165) is 22.5 Å². The number of nitrogens with zero attached hydrogens (tertiary/aromatic N) is 3. The zero-order chi connectivity index (χ0) is 28.9. The summed E-state index contributed by atoms with van der Waals surface area (Å²) in [7, 11) is 0. The standard InChI is InChI=1S/C33H39N5O2/c1-23(2)26-14-16-27(17-15-26)34-32(40)37(21-25-10-8-7-9-11-25)22-31(39)35-30-20-29(33(4,5)6)36-38(30)28-18-12-24(3)13-19-28/h7-20,23H,21-22H2,1-6H3,(H,34,40)(H,35,39). The molecular formula is C33H39N5O2. The van der Waals surface area contributed by atoms with Crippen molar-refractivity contribution in [3.05, 3.63) is 107 Å². The first kappa shape index (κ1) is 28.6. The number of aromatic nitrogens is 2. The van der Waals surface area contributed by atoms with Crippen molar-refractivity contribution in [3.8, 4) is 5.69 Å². The zero-order valence-electron chi connectivity index (χ0n) is 24.2. The molecule has 0 radical (unpaired) electrons. The third-order valence-corrected chi connectivity index (χ3v) is 6.69. The second-order valence-corrected chi connectivity index (χ2v) is 11.5. The minimum atomic E-state index is -0.348. The Hall–Kier alpha value is -4.39. The second-order valence-electron chi connectivity index (χ2n) is 11.5. The molecule has 1 heterocycles. The summed E-state index contributed by atoms with van der Waals surface area (Å²) >= 11 is 0. The molecule has 0 bridgehead atoms. The smallest absolute Gasteiger partial charge is 0.311 e. The summed E-state index contributed by atoms with van der Waals surface area (Å²) < 4.78 is 1.75. The van der Waals surface area contributed by atoms with Crippen LogP contribution in [0, 0.1) is 6.92 Å². The Morgan fingerprint density at radius 2 is 1.55 bits per heavy atom. The molecule has 4 aromatic rings. The molecule has 0 spiro atoms. The summed E-state index contributed by atoms with van der Waals surface area (Å²) in [6.07, 6.45) is 0. The Bertz CT molecular complexity index is 1430. The molecule has 2 N–H and O–H groups in total. The summed E-state index contributed by atoms with van der Waals surface area (Å²) in [5.41, 5.74) is 5.43. The number of hydrogen-bond donors (Lipinski definition) is 2.